The summed E-state index contributed by atoms with van der Waals surface area (Å²) in [6.45, 7) is 0.689. The zero-order valence-corrected chi connectivity index (χ0v) is 13.1. The summed E-state index contributed by atoms with van der Waals surface area (Å²) in [7, 11) is -3.60. The van der Waals surface area contributed by atoms with Gasteiger partial charge in [0.25, 0.3) is 0 Å². The Labute approximate surface area is 134 Å². The summed E-state index contributed by atoms with van der Waals surface area (Å²) in [4.78, 5) is 8.09. The lowest BCUT2D eigenvalue weighted by molar-refractivity contribution is 0.124. The molecule has 1 aliphatic rings. The molecule has 0 saturated carbocycles. The van der Waals surface area contributed by atoms with Gasteiger partial charge in [0, 0.05) is 25.5 Å². The van der Waals surface area contributed by atoms with Crippen molar-refractivity contribution in [2.24, 2.45) is 0 Å². The third-order valence-electron chi connectivity index (χ3n) is 3.67. The van der Waals surface area contributed by atoms with Crippen molar-refractivity contribution in [3.8, 4) is 6.01 Å². The quantitative estimate of drug-likeness (QED) is 0.851. The summed E-state index contributed by atoms with van der Waals surface area (Å²) < 4.78 is 45.0. The number of sulfonamides is 1. The molecule has 0 N–H and O–H groups in total. The van der Waals surface area contributed by atoms with Crippen molar-refractivity contribution in [3.63, 3.8) is 0 Å². The Bertz CT molecular complexity index is 745. The topological polar surface area (TPSA) is 72.4 Å². The largest absolute Gasteiger partial charge is 0.460 e. The average molecular weight is 337 g/mol. The zero-order chi connectivity index (χ0) is 16.3. The summed E-state index contributed by atoms with van der Waals surface area (Å²) in [6, 6.07) is 6.86. The van der Waals surface area contributed by atoms with E-state index >= 15 is 0 Å². The van der Waals surface area contributed by atoms with Crippen LogP contribution in [0.25, 0.3) is 0 Å². The van der Waals surface area contributed by atoms with Gasteiger partial charge in [-0.1, -0.05) is 0 Å². The fraction of sp³-hybridized carbons (Fsp3) is 0.333. The van der Waals surface area contributed by atoms with Crippen molar-refractivity contribution in [1.82, 2.24) is 14.3 Å². The first-order valence-electron chi connectivity index (χ1n) is 7.25. The highest BCUT2D eigenvalue weighted by Crippen LogP contribution is 2.22. The van der Waals surface area contributed by atoms with Gasteiger partial charge in [-0.15, -0.1) is 0 Å². The Balaban J connectivity index is 1.63. The third kappa shape index (κ3) is 3.65. The molecule has 0 radical (unpaired) electrons. The van der Waals surface area contributed by atoms with E-state index in [0.717, 1.165) is 12.1 Å². The van der Waals surface area contributed by atoms with Crippen LogP contribution in [0.3, 0.4) is 0 Å². The molecule has 0 spiro atoms. The number of piperidine rings is 1. The number of rotatable bonds is 4. The molecule has 122 valence electrons. The lowest BCUT2D eigenvalue weighted by Gasteiger charge is -2.30. The molecule has 8 heteroatoms. The Kier molecular flexibility index (Phi) is 4.53. The molecule has 23 heavy (non-hydrogen) atoms. The van der Waals surface area contributed by atoms with Crippen LogP contribution in [0.5, 0.6) is 6.01 Å². The van der Waals surface area contributed by atoms with E-state index in [1.54, 1.807) is 18.5 Å². The fourth-order valence-corrected chi connectivity index (χ4v) is 3.91. The third-order valence-corrected chi connectivity index (χ3v) is 5.58. The predicted molar refractivity (Wildman–Crippen MR) is 80.8 cm³/mol. The van der Waals surface area contributed by atoms with Crippen LogP contribution < -0.4 is 4.74 Å². The normalized spacial score (nSPS) is 17.1. The van der Waals surface area contributed by atoms with Crippen molar-refractivity contribution < 1.29 is 17.5 Å². The average Bonchev–Trinajstić information content (AvgIpc) is 2.57. The van der Waals surface area contributed by atoms with Crippen molar-refractivity contribution in [1.29, 1.82) is 0 Å². The first-order valence-corrected chi connectivity index (χ1v) is 8.69. The minimum Gasteiger partial charge on any atom is -0.460 e. The van der Waals surface area contributed by atoms with Gasteiger partial charge in [0.1, 0.15) is 11.9 Å². The maximum Gasteiger partial charge on any atom is 0.316 e. The molecule has 0 amide bonds. The van der Waals surface area contributed by atoms with Gasteiger partial charge >= 0.3 is 6.01 Å². The summed E-state index contributed by atoms with van der Waals surface area (Å²) >= 11 is 0. The minimum absolute atomic E-state index is 0.102. The van der Waals surface area contributed by atoms with E-state index in [-0.39, 0.29) is 11.0 Å². The molecule has 1 fully saturated rings. The summed E-state index contributed by atoms with van der Waals surface area (Å²) in [5, 5.41) is 0. The maximum atomic E-state index is 12.9. The van der Waals surface area contributed by atoms with Gasteiger partial charge in [-0.2, -0.15) is 4.31 Å². The lowest BCUT2D eigenvalue weighted by atomic mass is 10.1. The van der Waals surface area contributed by atoms with Gasteiger partial charge in [0.05, 0.1) is 4.90 Å². The molecule has 0 unspecified atom stereocenters. The number of nitrogens with zero attached hydrogens (tertiary/aromatic N) is 3. The van der Waals surface area contributed by atoms with Crippen LogP contribution in [-0.2, 0) is 10.0 Å². The first-order chi connectivity index (χ1) is 11.1. The molecule has 2 heterocycles. The second-order valence-electron chi connectivity index (χ2n) is 5.21. The van der Waals surface area contributed by atoms with E-state index in [1.165, 1.54) is 16.4 Å². The van der Waals surface area contributed by atoms with Crippen LogP contribution in [0.2, 0.25) is 0 Å². The standard InChI is InChI=1S/C15H16FN3O3S/c16-12-2-4-14(5-3-12)23(20,21)19-10-6-13(7-11-19)22-15-17-8-1-9-18-15/h1-5,8-9,13H,6-7,10-11H2. The smallest absolute Gasteiger partial charge is 0.316 e. The van der Waals surface area contributed by atoms with Crippen molar-refractivity contribution in [2.75, 3.05) is 13.1 Å². The van der Waals surface area contributed by atoms with E-state index < -0.39 is 15.8 Å². The zero-order valence-electron chi connectivity index (χ0n) is 12.3. The highest BCUT2D eigenvalue weighted by molar-refractivity contribution is 7.89. The van der Waals surface area contributed by atoms with Crippen LogP contribution in [-0.4, -0.2) is 41.9 Å². The van der Waals surface area contributed by atoms with E-state index in [9.17, 15) is 12.8 Å². The molecule has 3 rings (SSSR count). The van der Waals surface area contributed by atoms with Crippen LogP contribution in [0.1, 0.15) is 12.8 Å². The Morgan fingerprint density at radius 3 is 2.30 bits per heavy atom. The predicted octanol–water partition coefficient (Wildman–Crippen LogP) is 1.85. The molecule has 1 aromatic heterocycles. The maximum absolute atomic E-state index is 12.9. The molecule has 0 aliphatic carbocycles. The second kappa shape index (κ2) is 6.59. The molecule has 1 saturated heterocycles. The Morgan fingerprint density at radius 1 is 1.09 bits per heavy atom. The van der Waals surface area contributed by atoms with Gasteiger partial charge in [0.15, 0.2) is 0 Å². The molecular formula is C15H16FN3O3S. The fourth-order valence-electron chi connectivity index (χ4n) is 2.44. The summed E-state index contributed by atoms with van der Waals surface area (Å²) in [5.74, 6) is -0.459. The minimum atomic E-state index is -3.60. The van der Waals surface area contributed by atoms with Crippen molar-refractivity contribution in [3.05, 3.63) is 48.5 Å². The molecule has 2 aromatic rings. The molecule has 0 bridgehead atoms. The van der Waals surface area contributed by atoms with Crippen LogP contribution >= 0.6 is 0 Å². The number of hydrogen-bond donors (Lipinski definition) is 0. The Hall–Kier alpha value is -2.06. The number of halogens is 1. The summed E-state index contributed by atoms with van der Waals surface area (Å²) in [6.07, 6.45) is 4.18. The molecule has 1 aliphatic heterocycles. The van der Waals surface area contributed by atoms with Crippen molar-refractivity contribution >= 4 is 10.0 Å². The van der Waals surface area contributed by atoms with E-state index in [0.29, 0.717) is 31.9 Å². The van der Waals surface area contributed by atoms with Crippen LogP contribution in [0.15, 0.2) is 47.6 Å². The highest BCUT2D eigenvalue weighted by atomic mass is 32.2. The second-order valence-corrected chi connectivity index (χ2v) is 7.14. The molecule has 6 nitrogen and oxygen atoms in total. The number of ether oxygens (including phenoxy) is 1. The first kappa shape index (κ1) is 15.8. The number of benzene rings is 1. The van der Waals surface area contributed by atoms with E-state index in [4.69, 9.17) is 4.74 Å². The van der Waals surface area contributed by atoms with Gasteiger partial charge in [-0.3, -0.25) is 0 Å². The van der Waals surface area contributed by atoms with Crippen LogP contribution in [0, 0.1) is 5.82 Å². The molecule has 1 aromatic carbocycles. The van der Waals surface area contributed by atoms with Crippen LogP contribution in [0.4, 0.5) is 4.39 Å². The van der Waals surface area contributed by atoms with Crippen molar-refractivity contribution in [2.45, 2.75) is 23.8 Å². The highest BCUT2D eigenvalue weighted by Gasteiger charge is 2.30. The van der Waals surface area contributed by atoms with Gasteiger partial charge in [-0.25, -0.2) is 22.8 Å². The number of hydrogen-bond acceptors (Lipinski definition) is 5. The number of aromatic nitrogens is 2. The van der Waals surface area contributed by atoms with Gasteiger partial charge in [0.2, 0.25) is 10.0 Å². The monoisotopic (exact) mass is 337 g/mol. The molecule has 0 atom stereocenters. The molecular weight excluding hydrogens is 321 g/mol. The lowest BCUT2D eigenvalue weighted by Crippen LogP contribution is -2.41. The van der Waals surface area contributed by atoms with E-state index in [2.05, 4.69) is 9.97 Å². The SMILES string of the molecule is O=S(=O)(c1ccc(F)cc1)N1CCC(Oc2ncccn2)CC1. The Morgan fingerprint density at radius 2 is 1.70 bits per heavy atom. The van der Waals surface area contributed by atoms with Gasteiger partial charge in [-0.05, 0) is 43.2 Å². The van der Waals surface area contributed by atoms with Gasteiger partial charge < -0.3 is 4.74 Å². The van der Waals surface area contributed by atoms with E-state index in [1.807, 2.05) is 0 Å². The summed E-state index contributed by atoms with van der Waals surface area (Å²) in [5.41, 5.74) is 0.